The average molecular weight is 414 g/mol. The Morgan fingerprint density at radius 1 is 1.06 bits per heavy atom. The second kappa shape index (κ2) is 8.74. The van der Waals surface area contributed by atoms with E-state index in [1.807, 2.05) is 68.4 Å². The molecule has 156 valence electrons. The molecule has 31 heavy (non-hydrogen) atoms. The molecule has 0 atom stereocenters. The maximum atomic E-state index is 11.6. The number of hydrogen-bond acceptors (Lipinski definition) is 6. The largest absolute Gasteiger partial charge is 0.487 e. The zero-order valence-corrected chi connectivity index (χ0v) is 17.5. The lowest BCUT2D eigenvalue weighted by Crippen LogP contribution is -2.11. The molecule has 0 fully saturated rings. The molecule has 2 aromatic heterocycles. The molecule has 0 aliphatic carbocycles. The second-order valence-electron chi connectivity index (χ2n) is 7.17. The zero-order chi connectivity index (χ0) is 21.8. The Bertz CT molecular complexity index is 1200. The minimum absolute atomic E-state index is 0.164. The van der Waals surface area contributed by atoms with Crippen molar-refractivity contribution in [3.8, 4) is 28.3 Å². The number of benzene rings is 2. The van der Waals surface area contributed by atoms with Gasteiger partial charge in [-0.25, -0.2) is 0 Å². The first-order valence-electron chi connectivity index (χ1n) is 9.82. The summed E-state index contributed by atoms with van der Waals surface area (Å²) in [5.74, 6) is 0.992. The Hall–Kier alpha value is -4.07. The quantitative estimate of drug-likeness (QED) is 0.492. The standard InChI is InChI=1S/C23H22N6O2/c1-14-12-21(22(15(2)24-14)25-16(3)30)31-13-17-8-10-18(11-9-17)19-6-4-5-7-20(19)23-26-28-29-27-23/h4-12H,13H2,1-3H3,(H,25,30)(H,26,27,28,29). The highest BCUT2D eigenvalue weighted by Gasteiger charge is 2.13. The number of ether oxygens (including phenoxy) is 1. The Morgan fingerprint density at radius 2 is 1.81 bits per heavy atom. The molecule has 0 unspecified atom stereocenters. The van der Waals surface area contributed by atoms with Gasteiger partial charge in [0.15, 0.2) is 0 Å². The van der Waals surface area contributed by atoms with Crippen LogP contribution in [0.25, 0.3) is 22.5 Å². The molecule has 0 radical (unpaired) electrons. The minimum Gasteiger partial charge on any atom is -0.487 e. The van der Waals surface area contributed by atoms with E-state index in [2.05, 4.69) is 30.9 Å². The summed E-state index contributed by atoms with van der Waals surface area (Å²) >= 11 is 0. The van der Waals surface area contributed by atoms with Gasteiger partial charge in [0.1, 0.15) is 18.0 Å². The van der Waals surface area contributed by atoms with Crippen molar-refractivity contribution in [2.75, 3.05) is 5.32 Å². The topological polar surface area (TPSA) is 106 Å². The number of nitrogens with one attached hydrogen (secondary N) is 2. The molecule has 8 heteroatoms. The van der Waals surface area contributed by atoms with Gasteiger partial charge in [-0.3, -0.25) is 9.78 Å². The van der Waals surface area contributed by atoms with Crippen molar-refractivity contribution < 1.29 is 9.53 Å². The van der Waals surface area contributed by atoms with E-state index in [9.17, 15) is 4.79 Å². The van der Waals surface area contributed by atoms with Crippen LogP contribution in [0.5, 0.6) is 5.75 Å². The Balaban J connectivity index is 1.55. The van der Waals surface area contributed by atoms with Crippen LogP contribution in [0.4, 0.5) is 5.69 Å². The molecule has 0 bridgehead atoms. The van der Waals surface area contributed by atoms with E-state index in [4.69, 9.17) is 4.74 Å². The van der Waals surface area contributed by atoms with Gasteiger partial charge in [0.25, 0.3) is 0 Å². The highest BCUT2D eigenvalue weighted by atomic mass is 16.5. The number of aryl methyl sites for hydroxylation is 2. The van der Waals surface area contributed by atoms with Crippen LogP contribution in [0.15, 0.2) is 54.6 Å². The second-order valence-corrected chi connectivity index (χ2v) is 7.17. The number of carbonyl (C=O) groups excluding carboxylic acids is 1. The summed E-state index contributed by atoms with van der Waals surface area (Å²) in [5.41, 5.74) is 6.12. The Morgan fingerprint density at radius 3 is 2.48 bits per heavy atom. The van der Waals surface area contributed by atoms with Crippen molar-refractivity contribution in [1.82, 2.24) is 25.6 Å². The maximum Gasteiger partial charge on any atom is 0.221 e. The van der Waals surface area contributed by atoms with Crippen LogP contribution in [0.3, 0.4) is 0 Å². The van der Waals surface area contributed by atoms with E-state index < -0.39 is 0 Å². The molecular formula is C23H22N6O2. The lowest BCUT2D eigenvalue weighted by atomic mass is 9.98. The molecule has 0 spiro atoms. The van der Waals surface area contributed by atoms with Gasteiger partial charge in [-0.15, -0.1) is 10.2 Å². The summed E-state index contributed by atoms with van der Waals surface area (Å²) < 4.78 is 6.03. The van der Waals surface area contributed by atoms with E-state index in [0.29, 0.717) is 23.9 Å². The van der Waals surface area contributed by atoms with E-state index >= 15 is 0 Å². The number of nitrogens with zero attached hydrogens (tertiary/aromatic N) is 4. The van der Waals surface area contributed by atoms with Crippen molar-refractivity contribution in [3.63, 3.8) is 0 Å². The van der Waals surface area contributed by atoms with E-state index in [1.54, 1.807) is 0 Å². The van der Waals surface area contributed by atoms with Crippen molar-refractivity contribution >= 4 is 11.6 Å². The first-order chi connectivity index (χ1) is 15.0. The zero-order valence-electron chi connectivity index (χ0n) is 17.5. The molecule has 8 nitrogen and oxygen atoms in total. The van der Waals surface area contributed by atoms with Crippen LogP contribution < -0.4 is 10.1 Å². The number of carbonyl (C=O) groups is 1. The molecule has 4 aromatic rings. The molecule has 0 saturated carbocycles. The number of amides is 1. The summed E-state index contributed by atoms with van der Waals surface area (Å²) in [7, 11) is 0. The first kappa shape index (κ1) is 20.2. The Labute approximate surface area is 179 Å². The molecule has 0 aliphatic heterocycles. The van der Waals surface area contributed by atoms with E-state index in [0.717, 1.165) is 33.6 Å². The molecule has 1 amide bonds. The summed E-state index contributed by atoms with van der Waals surface area (Å²) in [6.07, 6.45) is 0. The summed E-state index contributed by atoms with van der Waals surface area (Å²) in [4.78, 5) is 16.0. The van der Waals surface area contributed by atoms with Crippen molar-refractivity contribution in [1.29, 1.82) is 0 Å². The number of hydrogen-bond donors (Lipinski definition) is 2. The third kappa shape index (κ3) is 4.58. The third-order valence-electron chi connectivity index (χ3n) is 4.77. The number of pyridine rings is 1. The third-order valence-corrected chi connectivity index (χ3v) is 4.77. The van der Waals surface area contributed by atoms with Crippen molar-refractivity contribution in [2.24, 2.45) is 0 Å². The smallest absolute Gasteiger partial charge is 0.221 e. The number of aromatic nitrogens is 5. The van der Waals surface area contributed by atoms with Gasteiger partial charge in [-0.05, 0) is 35.8 Å². The number of aromatic amines is 1. The van der Waals surface area contributed by atoms with Gasteiger partial charge >= 0.3 is 0 Å². The van der Waals surface area contributed by atoms with E-state index in [1.165, 1.54) is 6.92 Å². The average Bonchev–Trinajstić information content (AvgIpc) is 3.29. The van der Waals surface area contributed by atoms with Gasteiger partial charge in [-0.2, -0.15) is 5.21 Å². The molecule has 2 heterocycles. The summed E-state index contributed by atoms with van der Waals surface area (Å²) in [6.45, 7) is 5.57. The van der Waals surface area contributed by atoms with Gasteiger partial charge in [0.2, 0.25) is 11.7 Å². The fraction of sp³-hybridized carbons (Fsp3) is 0.174. The summed E-state index contributed by atoms with van der Waals surface area (Å²) in [6, 6.07) is 17.9. The van der Waals surface area contributed by atoms with Gasteiger partial charge in [0.05, 0.1) is 5.69 Å². The minimum atomic E-state index is -0.164. The van der Waals surface area contributed by atoms with Crippen molar-refractivity contribution in [2.45, 2.75) is 27.4 Å². The predicted molar refractivity (Wildman–Crippen MR) is 117 cm³/mol. The normalized spacial score (nSPS) is 10.7. The van der Waals surface area contributed by atoms with Gasteiger partial charge in [0, 0.05) is 24.2 Å². The molecule has 0 saturated heterocycles. The van der Waals surface area contributed by atoms with Crippen molar-refractivity contribution in [3.05, 3.63) is 71.5 Å². The molecule has 4 rings (SSSR count). The van der Waals surface area contributed by atoms with Gasteiger partial charge in [-0.1, -0.05) is 48.5 Å². The fourth-order valence-corrected chi connectivity index (χ4v) is 3.38. The van der Waals surface area contributed by atoms with Crippen LogP contribution in [0.2, 0.25) is 0 Å². The first-order valence-corrected chi connectivity index (χ1v) is 9.82. The number of anilines is 1. The van der Waals surface area contributed by atoms with E-state index in [-0.39, 0.29) is 5.91 Å². The predicted octanol–water partition coefficient (Wildman–Crippen LogP) is 4.08. The SMILES string of the molecule is CC(=O)Nc1c(OCc2ccc(-c3ccccc3-c3nn[nH]n3)cc2)cc(C)nc1C. The number of H-pyrrole nitrogens is 1. The maximum absolute atomic E-state index is 11.6. The van der Waals surface area contributed by atoms with Gasteiger partial charge < -0.3 is 10.1 Å². The molecule has 2 aromatic carbocycles. The molecular weight excluding hydrogens is 392 g/mol. The highest BCUT2D eigenvalue weighted by Crippen LogP contribution is 2.31. The van der Waals surface area contributed by atoms with Crippen LogP contribution in [-0.2, 0) is 11.4 Å². The monoisotopic (exact) mass is 414 g/mol. The van der Waals surface area contributed by atoms with Crippen LogP contribution in [0.1, 0.15) is 23.9 Å². The number of rotatable bonds is 6. The molecule has 2 N–H and O–H groups in total. The lowest BCUT2D eigenvalue weighted by Gasteiger charge is -2.15. The fourth-order valence-electron chi connectivity index (χ4n) is 3.38. The van der Waals surface area contributed by atoms with Crippen LogP contribution >= 0.6 is 0 Å². The van der Waals surface area contributed by atoms with Crippen LogP contribution in [0, 0.1) is 13.8 Å². The summed E-state index contributed by atoms with van der Waals surface area (Å²) in [5, 5.41) is 17.1. The highest BCUT2D eigenvalue weighted by molar-refractivity contribution is 5.91. The Kier molecular flexibility index (Phi) is 5.70. The van der Waals surface area contributed by atoms with Crippen LogP contribution in [-0.4, -0.2) is 31.5 Å². The number of tetrazole rings is 1. The lowest BCUT2D eigenvalue weighted by molar-refractivity contribution is -0.114. The molecule has 0 aliphatic rings.